The summed E-state index contributed by atoms with van der Waals surface area (Å²) in [5, 5.41) is 27.7. The third-order valence-electron chi connectivity index (χ3n) is 3.03. The van der Waals surface area contributed by atoms with Crippen LogP contribution in [0.15, 0.2) is 42.5 Å². The SMILES string of the molecule is O=[N+]([O-])c1cc(-c2n[nH]c(-c3ccc(Cl)cc3)n2)ccc1O. The zero-order chi connectivity index (χ0) is 15.7. The molecule has 110 valence electrons. The maximum Gasteiger partial charge on any atom is 0.311 e. The predicted octanol–water partition coefficient (Wildman–Crippen LogP) is 3.41. The molecule has 1 aromatic heterocycles. The molecule has 3 rings (SSSR count). The van der Waals surface area contributed by atoms with Crippen LogP contribution in [-0.2, 0) is 0 Å². The molecule has 22 heavy (non-hydrogen) atoms. The summed E-state index contributed by atoms with van der Waals surface area (Å²) >= 11 is 5.83. The van der Waals surface area contributed by atoms with Crippen LogP contribution < -0.4 is 0 Å². The molecule has 0 bridgehead atoms. The minimum Gasteiger partial charge on any atom is -0.502 e. The summed E-state index contributed by atoms with van der Waals surface area (Å²) < 4.78 is 0. The van der Waals surface area contributed by atoms with E-state index < -0.39 is 16.4 Å². The number of phenolic OH excluding ortho intramolecular Hbond substituents is 1. The summed E-state index contributed by atoms with van der Waals surface area (Å²) in [6, 6.07) is 11.0. The zero-order valence-electron chi connectivity index (χ0n) is 11.0. The lowest BCUT2D eigenvalue weighted by Crippen LogP contribution is -1.90. The van der Waals surface area contributed by atoms with Crippen molar-refractivity contribution < 1.29 is 10.0 Å². The van der Waals surface area contributed by atoms with Gasteiger partial charge in [-0.15, -0.1) is 0 Å². The third-order valence-corrected chi connectivity index (χ3v) is 3.29. The molecule has 1 heterocycles. The van der Waals surface area contributed by atoms with Crippen LogP contribution in [-0.4, -0.2) is 25.2 Å². The summed E-state index contributed by atoms with van der Waals surface area (Å²) in [4.78, 5) is 14.5. The minimum absolute atomic E-state index is 0.299. The molecule has 0 aliphatic rings. The van der Waals surface area contributed by atoms with Gasteiger partial charge in [-0.25, -0.2) is 4.98 Å². The highest BCUT2D eigenvalue weighted by Crippen LogP contribution is 2.30. The van der Waals surface area contributed by atoms with E-state index in [4.69, 9.17) is 11.6 Å². The minimum atomic E-state index is -0.661. The van der Waals surface area contributed by atoms with Crippen LogP contribution in [0.3, 0.4) is 0 Å². The summed E-state index contributed by atoms with van der Waals surface area (Å²) in [6.07, 6.45) is 0. The first kappa shape index (κ1) is 14.0. The first-order chi connectivity index (χ1) is 10.5. The lowest BCUT2D eigenvalue weighted by Gasteiger charge is -1.98. The zero-order valence-corrected chi connectivity index (χ0v) is 11.8. The number of hydrogen-bond acceptors (Lipinski definition) is 5. The number of benzene rings is 2. The van der Waals surface area contributed by atoms with E-state index in [1.807, 2.05) is 0 Å². The Balaban J connectivity index is 1.99. The number of nitrogens with zero attached hydrogens (tertiary/aromatic N) is 3. The van der Waals surface area contributed by atoms with Crippen molar-refractivity contribution in [3.05, 3.63) is 57.6 Å². The van der Waals surface area contributed by atoms with Gasteiger partial charge in [0, 0.05) is 22.2 Å². The molecule has 7 nitrogen and oxygen atoms in total. The maximum atomic E-state index is 10.8. The van der Waals surface area contributed by atoms with E-state index in [9.17, 15) is 15.2 Å². The number of H-pyrrole nitrogens is 1. The number of nitrogens with one attached hydrogen (secondary N) is 1. The van der Waals surface area contributed by atoms with Gasteiger partial charge in [0.25, 0.3) is 0 Å². The van der Waals surface area contributed by atoms with Gasteiger partial charge in [0.2, 0.25) is 0 Å². The van der Waals surface area contributed by atoms with Crippen LogP contribution in [0.4, 0.5) is 5.69 Å². The molecule has 0 atom stereocenters. The van der Waals surface area contributed by atoms with E-state index >= 15 is 0 Å². The highest BCUT2D eigenvalue weighted by Gasteiger charge is 2.16. The Morgan fingerprint density at radius 3 is 2.50 bits per heavy atom. The highest BCUT2D eigenvalue weighted by atomic mass is 35.5. The van der Waals surface area contributed by atoms with Crippen LogP contribution in [0.1, 0.15) is 0 Å². The Hall–Kier alpha value is -2.93. The molecule has 0 radical (unpaired) electrons. The van der Waals surface area contributed by atoms with Crippen molar-refractivity contribution in [3.8, 4) is 28.5 Å². The molecule has 2 N–H and O–H groups in total. The number of phenols is 1. The van der Waals surface area contributed by atoms with Gasteiger partial charge < -0.3 is 5.11 Å². The summed E-state index contributed by atoms with van der Waals surface area (Å²) in [5.41, 5.74) is 0.827. The van der Waals surface area contributed by atoms with Crippen LogP contribution in [0.2, 0.25) is 5.02 Å². The fraction of sp³-hybridized carbons (Fsp3) is 0. The van der Waals surface area contributed by atoms with Crippen molar-refractivity contribution in [2.24, 2.45) is 0 Å². The molecule has 0 spiro atoms. The normalized spacial score (nSPS) is 10.6. The Kier molecular flexibility index (Phi) is 3.48. The molecule has 0 unspecified atom stereocenters. The number of halogens is 1. The maximum absolute atomic E-state index is 10.8. The van der Waals surface area contributed by atoms with Crippen molar-refractivity contribution in [1.82, 2.24) is 15.2 Å². The molecule has 8 heteroatoms. The van der Waals surface area contributed by atoms with Gasteiger partial charge in [-0.2, -0.15) is 5.10 Å². The van der Waals surface area contributed by atoms with E-state index in [0.717, 1.165) is 5.56 Å². The Bertz CT molecular complexity index is 846. The van der Waals surface area contributed by atoms with Gasteiger partial charge in [0.15, 0.2) is 17.4 Å². The van der Waals surface area contributed by atoms with Crippen molar-refractivity contribution in [3.63, 3.8) is 0 Å². The fourth-order valence-corrected chi connectivity index (χ4v) is 2.06. The molecule has 2 aromatic carbocycles. The summed E-state index contributed by atoms with van der Waals surface area (Å²) in [7, 11) is 0. The van der Waals surface area contributed by atoms with Gasteiger partial charge in [-0.1, -0.05) is 11.6 Å². The molecule has 3 aromatic rings. The molecular weight excluding hydrogens is 308 g/mol. The van der Waals surface area contributed by atoms with Gasteiger partial charge in [0.1, 0.15) is 0 Å². The first-order valence-corrected chi connectivity index (χ1v) is 6.58. The predicted molar refractivity (Wildman–Crippen MR) is 80.6 cm³/mol. The van der Waals surface area contributed by atoms with Crippen LogP contribution >= 0.6 is 11.6 Å². The molecule has 0 aliphatic carbocycles. The van der Waals surface area contributed by atoms with E-state index in [1.165, 1.54) is 18.2 Å². The van der Waals surface area contributed by atoms with Crippen molar-refractivity contribution in [1.29, 1.82) is 0 Å². The van der Waals surface area contributed by atoms with Gasteiger partial charge >= 0.3 is 5.69 Å². The Morgan fingerprint density at radius 2 is 1.82 bits per heavy atom. The smallest absolute Gasteiger partial charge is 0.311 e. The largest absolute Gasteiger partial charge is 0.502 e. The van der Waals surface area contributed by atoms with E-state index in [2.05, 4.69) is 15.2 Å². The number of nitro benzene ring substituents is 1. The van der Waals surface area contributed by atoms with E-state index in [-0.39, 0.29) is 0 Å². The average molecular weight is 317 g/mol. The summed E-state index contributed by atoms with van der Waals surface area (Å²) in [5.74, 6) is 0.414. The second kappa shape index (κ2) is 5.45. The molecule has 0 aliphatic heterocycles. The lowest BCUT2D eigenvalue weighted by atomic mass is 10.1. The second-order valence-corrected chi connectivity index (χ2v) is 4.91. The molecular formula is C14H9ClN4O3. The molecule has 0 saturated carbocycles. The molecule has 0 saturated heterocycles. The van der Waals surface area contributed by atoms with E-state index in [1.54, 1.807) is 24.3 Å². The number of nitro groups is 1. The number of hydrogen-bond donors (Lipinski definition) is 2. The van der Waals surface area contributed by atoms with Gasteiger partial charge in [0.05, 0.1) is 4.92 Å². The molecule has 0 fully saturated rings. The lowest BCUT2D eigenvalue weighted by molar-refractivity contribution is -0.385. The van der Waals surface area contributed by atoms with Crippen molar-refractivity contribution >= 4 is 17.3 Å². The third kappa shape index (κ3) is 2.61. The van der Waals surface area contributed by atoms with Crippen molar-refractivity contribution in [2.75, 3.05) is 0 Å². The number of aromatic hydroxyl groups is 1. The number of aromatic amines is 1. The average Bonchev–Trinajstić information content (AvgIpc) is 2.98. The highest BCUT2D eigenvalue weighted by molar-refractivity contribution is 6.30. The Labute approximate surface area is 129 Å². The topological polar surface area (TPSA) is 105 Å². The monoisotopic (exact) mass is 316 g/mol. The second-order valence-electron chi connectivity index (χ2n) is 4.48. The van der Waals surface area contributed by atoms with Crippen LogP contribution in [0, 0.1) is 10.1 Å². The molecule has 0 amide bonds. The number of rotatable bonds is 3. The van der Waals surface area contributed by atoms with Crippen LogP contribution in [0.5, 0.6) is 5.75 Å². The quantitative estimate of drug-likeness (QED) is 0.569. The first-order valence-electron chi connectivity index (χ1n) is 6.21. The van der Waals surface area contributed by atoms with Crippen molar-refractivity contribution in [2.45, 2.75) is 0 Å². The summed E-state index contributed by atoms with van der Waals surface area (Å²) in [6.45, 7) is 0. The fourth-order valence-electron chi connectivity index (χ4n) is 1.94. The van der Waals surface area contributed by atoms with Crippen LogP contribution in [0.25, 0.3) is 22.8 Å². The standard InChI is InChI=1S/C14H9ClN4O3/c15-10-4-1-8(2-5-10)13-16-14(18-17-13)9-3-6-12(20)11(7-9)19(21)22/h1-7,20H,(H,16,17,18). The Morgan fingerprint density at radius 1 is 1.14 bits per heavy atom. The van der Waals surface area contributed by atoms with Gasteiger partial charge in [-0.3, -0.25) is 15.2 Å². The number of aromatic nitrogens is 3. The van der Waals surface area contributed by atoms with Gasteiger partial charge in [-0.05, 0) is 36.4 Å². The van der Waals surface area contributed by atoms with E-state index in [0.29, 0.717) is 22.2 Å².